The van der Waals surface area contributed by atoms with Gasteiger partial charge >= 0.3 is 6.18 Å². The molecule has 0 amide bonds. The third kappa shape index (κ3) is 2.13. The number of alkyl halides is 3. The zero-order valence-electron chi connectivity index (χ0n) is 8.82. The monoisotopic (exact) mass is 222 g/mol. The second-order valence-electron chi connectivity index (χ2n) is 4.75. The first-order chi connectivity index (χ1) is 6.95. The molecule has 0 aromatic carbocycles. The van der Waals surface area contributed by atoms with Crippen molar-refractivity contribution in [2.24, 2.45) is 5.92 Å². The Labute approximate surface area is 87.6 Å². The summed E-state index contributed by atoms with van der Waals surface area (Å²) in [7, 11) is 0. The van der Waals surface area contributed by atoms with Crippen molar-refractivity contribution in [1.82, 2.24) is 10.6 Å². The van der Waals surface area contributed by atoms with Gasteiger partial charge in [0.05, 0.1) is 0 Å². The first kappa shape index (κ1) is 11.2. The lowest BCUT2D eigenvalue weighted by Crippen LogP contribution is -2.47. The lowest BCUT2D eigenvalue weighted by atomic mass is 10.0. The Morgan fingerprint density at radius 1 is 1.40 bits per heavy atom. The van der Waals surface area contributed by atoms with E-state index >= 15 is 0 Å². The third-order valence-corrected chi connectivity index (χ3v) is 3.68. The highest BCUT2D eigenvalue weighted by molar-refractivity contribution is 5.08. The fourth-order valence-electron chi connectivity index (χ4n) is 2.20. The SMILES string of the molecule is CC1NCCC1CNC1(C(F)(F)F)CC1. The first-order valence-corrected chi connectivity index (χ1v) is 5.50. The van der Waals surface area contributed by atoms with Crippen LogP contribution in [0.1, 0.15) is 26.2 Å². The van der Waals surface area contributed by atoms with Crippen molar-refractivity contribution in [3.8, 4) is 0 Å². The molecule has 88 valence electrons. The predicted octanol–water partition coefficient (Wildman–Crippen LogP) is 1.67. The molecule has 0 bridgehead atoms. The molecule has 0 radical (unpaired) electrons. The fourth-order valence-corrected chi connectivity index (χ4v) is 2.20. The zero-order chi connectivity index (χ0) is 11.1. The van der Waals surface area contributed by atoms with Crippen molar-refractivity contribution in [3.63, 3.8) is 0 Å². The molecule has 2 atom stereocenters. The summed E-state index contributed by atoms with van der Waals surface area (Å²) in [5, 5.41) is 5.96. The molecule has 0 spiro atoms. The maximum absolute atomic E-state index is 12.6. The molecule has 1 aliphatic carbocycles. The third-order valence-electron chi connectivity index (χ3n) is 3.68. The van der Waals surface area contributed by atoms with Crippen LogP contribution in [0.4, 0.5) is 13.2 Å². The van der Waals surface area contributed by atoms with Crippen LogP contribution in [0, 0.1) is 5.92 Å². The molecular weight excluding hydrogens is 205 g/mol. The normalized spacial score (nSPS) is 34.4. The summed E-state index contributed by atoms with van der Waals surface area (Å²) in [5.41, 5.74) is -1.55. The highest BCUT2D eigenvalue weighted by atomic mass is 19.4. The number of nitrogens with one attached hydrogen (secondary N) is 2. The average Bonchev–Trinajstić information content (AvgIpc) is 2.82. The molecule has 5 heteroatoms. The minimum atomic E-state index is -4.08. The van der Waals surface area contributed by atoms with Crippen LogP contribution < -0.4 is 10.6 Å². The van der Waals surface area contributed by atoms with E-state index in [0.29, 0.717) is 18.5 Å². The average molecular weight is 222 g/mol. The molecule has 1 saturated carbocycles. The summed E-state index contributed by atoms with van der Waals surface area (Å²) < 4.78 is 37.8. The van der Waals surface area contributed by atoms with E-state index in [1.54, 1.807) is 0 Å². The van der Waals surface area contributed by atoms with Crippen molar-refractivity contribution in [1.29, 1.82) is 0 Å². The van der Waals surface area contributed by atoms with Gasteiger partial charge in [-0.15, -0.1) is 0 Å². The lowest BCUT2D eigenvalue weighted by Gasteiger charge is -2.24. The van der Waals surface area contributed by atoms with Gasteiger partial charge in [-0.3, -0.25) is 0 Å². The molecule has 1 heterocycles. The molecule has 2 N–H and O–H groups in total. The summed E-state index contributed by atoms with van der Waals surface area (Å²) in [6.45, 7) is 3.44. The summed E-state index contributed by atoms with van der Waals surface area (Å²) in [5.74, 6) is 0.338. The van der Waals surface area contributed by atoms with Gasteiger partial charge in [0.15, 0.2) is 0 Å². The van der Waals surface area contributed by atoms with Gasteiger partial charge in [0.25, 0.3) is 0 Å². The van der Waals surface area contributed by atoms with Gasteiger partial charge in [-0.25, -0.2) is 0 Å². The van der Waals surface area contributed by atoms with Crippen LogP contribution >= 0.6 is 0 Å². The van der Waals surface area contributed by atoms with E-state index in [9.17, 15) is 13.2 Å². The van der Waals surface area contributed by atoms with Gasteiger partial charge in [-0.05, 0) is 38.6 Å². The molecule has 2 aliphatic rings. The maximum atomic E-state index is 12.6. The minimum absolute atomic E-state index is 0.241. The fraction of sp³-hybridized carbons (Fsp3) is 1.00. The van der Waals surface area contributed by atoms with Gasteiger partial charge < -0.3 is 10.6 Å². The molecule has 0 aromatic rings. The Bertz CT molecular complexity index is 235. The van der Waals surface area contributed by atoms with E-state index in [1.807, 2.05) is 6.92 Å². The van der Waals surface area contributed by atoms with E-state index in [4.69, 9.17) is 0 Å². The molecule has 2 unspecified atom stereocenters. The Kier molecular flexibility index (Phi) is 2.71. The minimum Gasteiger partial charge on any atom is -0.314 e. The van der Waals surface area contributed by atoms with Gasteiger partial charge in [0, 0.05) is 12.6 Å². The van der Waals surface area contributed by atoms with Crippen LogP contribution in [0.25, 0.3) is 0 Å². The summed E-state index contributed by atoms with van der Waals surface area (Å²) >= 11 is 0. The number of hydrogen-bond acceptors (Lipinski definition) is 2. The van der Waals surface area contributed by atoms with Crippen molar-refractivity contribution in [2.45, 2.75) is 43.9 Å². The van der Waals surface area contributed by atoms with E-state index in [2.05, 4.69) is 10.6 Å². The summed E-state index contributed by atoms with van der Waals surface area (Å²) in [6, 6.07) is 0.335. The highest BCUT2D eigenvalue weighted by Gasteiger charge is 2.63. The molecule has 1 saturated heterocycles. The first-order valence-electron chi connectivity index (χ1n) is 5.50. The van der Waals surface area contributed by atoms with Crippen LogP contribution in [0.15, 0.2) is 0 Å². The Hall–Kier alpha value is -0.290. The zero-order valence-corrected chi connectivity index (χ0v) is 8.82. The second kappa shape index (κ2) is 3.63. The highest BCUT2D eigenvalue weighted by Crippen LogP contribution is 2.49. The molecule has 0 aromatic heterocycles. The summed E-state index contributed by atoms with van der Waals surface area (Å²) in [4.78, 5) is 0. The van der Waals surface area contributed by atoms with E-state index in [1.165, 1.54) is 0 Å². The Morgan fingerprint density at radius 3 is 2.47 bits per heavy atom. The number of rotatable bonds is 3. The topological polar surface area (TPSA) is 24.1 Å². The number of hydrogen-bond donors (Lipinski definition) is 2. The molecule has 15 heavy (non-hydrogen) atoms. The van der Waals surface area contributed by atoms with Gasteiger partial charge in [-0.1, -0.05) is 0 Å². The van der Waals surface area contributed by atoms with Crippen LogP contribution in [0.2, 0.25) is 0 Å². The Morgan fingerprint density at radius 2 is 2.07 bits per heavy atom. The molecule has 2 rings (SSSR count). The van der Waals surface area contributed by atoms with Crippen LogP contribution in [0.3, 0.4) is 0 Å². The smallest absolute Gasteiger partial charge is 0.314 e. The van der Waals surface area contributed by atoms with Crippen LogP contribution in [-0.4, -0.2) is 30.8 Å². The molecular formula is C10H17F3N2. The van der Waals surface area contributed by atoms with Gasteiger partial charge in [0.2, 0.25) is 0 Å². The number of halogens is 3. The molecule has 2 nitrogen and oxygen atoms in total. The van der Waals surface area contributed by atoms with Crippen molar-refractivity contribution in [3.05, 3.63) is 0 Å². The second-order valence-corrected chi connectivity index (χ2v) is 4.75. The van der Waals surface area contributed by atoms with Gasteiger partial charge in [-0.2, -0.15) is 13.2 Å². The molecule has 1 aliphatic heterocycles. The summed E-state index contributed by atoms with van der Waals surface area (Å²) in [6.07, 6.45) is -2.62. The molecule has 2 fully saturated rings. The van der Waals surface area contributed by atoms with Crippen LogP contribution in [0.5, 0.6) is 0 Å². The van der Waals surface area contributed by atoms with Crippen molar-refractivity contribution in [2.75, 3.05) is 13.1 Å². The van der Waals surface area contributed by atoms with Crippen LogP contribution in [-0.2, 0) is 0 Å². The van der Waals surface area contributed by atoms with E-state index in [0.717, 1.165) is 13.0 Å². The van der Waals surface area contributed by atoms with E-state index in [-0.39, 0.29) is 12.8 Å². The standard InChI is InChI=1S/C10H17F3N2/c1-7-8(2-5-14-7)6-15-9(3-4-9)10(11,12)13/h7-8,14-15H,2-6H2,1H3. The van der Waals surface area contributed by atoms with E-state index < -0.39 is 11.7 Å². The van der Waals surface area contributed by atoms with Crippen molar-refractivity contribution < 1.29 is 13.2 Å². The quantitative estimate of drug-likeness (QED) is 0.759. The maximum Gasteiger partial charge on any atom is 0.406 e. The largest absolute Gasteiger partial charge is 0.406 e. The lowest BCUT2D eigenvalue weighted by molar-refractivity contribution is -0.166. The predicted molar refractivity (Wildman–Crippen MR) is 51.6 cm³/mol. The Balaban J connectivity index is 1.83. The van der Waals surface area contributed by atoms with Gasteiger partial charge in [0.1, 0.15) is 5.54 Å². The van der Waals surface area contributed by atoms with Crippen molar-refractivity contribution >= 4 is 0 Å².